The van der Waals surface area contributed by atoms with Crippen LogP contribution in [0.2, 0.25) is 5.02 Å². The summed E-state index contributed by atoms with van der Waals surface area (Å²) in [6.07, 6.45) is 10.3. The van der Waals surface area contributed by atoms with E-state index < -0.39 is 0 Å². The predicted molar refractivity (Wildman–Crippen MR) is 120 cm³/mol. The third-order valence-electron chi connectivity index (χ3n) is 4.74. The van der Waals surface area contributed by atoms with Crippen LogP contribution in [0.25, 0.3) is 0 Å². The van der Waals surface area contributed by atoms with Crippen molar-refractivity contribution in [2.45, 2.75) is 65.7 Å². The Balaban J connectivity index is 1.78. The van der Waals surface area contributed by atoms with Gasteiger partial charge in [0.2, 0.25) is 5.95 Å². The van der Waals surface area contributed by atoms with Crippen molar-refractivity contribution < 1.29 is 4.74 Å². The quantitative estimate of drug-likeness (QED) is 0.266. The molecule has 0 bridgehead atoms. The molecule has 1 aromatic heterocycles. The molecule has 7 heteroatoms. The lowest BCUT2D eigenvalue weighted by molar-refractivity contribution is 0.304. The molecule has 0 radical (unpaired) electrons. The molecule has 0 spiro atoms. The SMILES string of the molecule is CCCCCCCCCOc1ccc(/C=N\Nc2nc(C)c(C)c(=O)[nH]2)cc1Cl. The van der Waals surface area contributed by atoms with Gasteiger partial charge in [0.15, 0.2) is 0 Å². The third kappa shape index (κ3) is 7.89. The maximum atomic E-state index is 11.7. The Kier molecular flexibility index (Phi) is 9.71. The molecule has 0 amide bonds. The van der Waals surface area contributed by atoms with Gasteiger partial charge in [-0.2, -0.15) is 5.10 Å². The van der Waals surface area contributed by atoms with Crippen molar-refractivity contribution in [1.82, 2.24) is 9.97 Å². The Labute approximate surface area is 177 Å². The van der Waals surface area contributed by atoms with Crippen molar-refractivity contribution in [3.8, 4) is 5.75 Å². The van der Waals surface area contributed by atoms with Crippen LogP contribution < -0.4 is 15.7 Å². The number of rotatable bonds is 12. The number of ether oxygens (including phenoxy) is 1. The molecular formula is C22H31ClN4O2. The first-order chi connectivity index (χ1) is 14.0. The Morgan fingerprint density at radius 2 is 1.90 bits per heavy atom. The molecule has 2 rings (SSSR count). The smallest absolute Gasteiger partial charge is 0.255 e. The molecule has 6 nitrogen and oxygen atoms in total. The number of hydrazone groups is 1. The lowest BCUT2D eigenvalue weighted by Gasteiger charge is -2.08. The summed E-state index contributed by atoms with van der Waals surface area (Å²) in [6.45, 7) is 6.42. The van der Waals surface area contributed by atoms with Gasteiger partial charge >= 0.3 is 0 Å². The Hall–Kier alpha value is -2.34. The summed E-state index contributed by atoms with van der Waals surface area (Å²) in [6, 6.07) is 5.53. The second-order valence-electron chi connectivity index (χ2n) is 7.15. The number of halogens is 1. The monoisotopic (exact) mass is 418 g/mol. The highest BCUT2D eigenvalue weighted by Gasteiger charge is 2.04. The molecular weight excluding hydrogens is 388 g/mol. The van der Waals surface area contributed by atoms with Crippen molar-refractivity contribution in [3.05, 3.63) is 50.4 Å². The van der Waals surface area contributed by atoms with Crippen LogP contribution in [0.1, 0.15) is 68.7 Å². The highest BCUT2D eigenvalue weighted by molar-refractivity contribution is 6.32. The minimum atomic E-state index is -0.180. The van der Waals surface area contributed by atoms with Gasteiger partial charge < -0.3 is 4.74 Å². The highest BCUT2D eigenvalue weighted by atomic mass is 35.5. The van der Waals surface area contributed by atoms with Gasteiger partial charge in [0, 0.05) is 11.3 Å². The molecule has 0 saturated carbocycles. The Bertz CT molecular complexity index is 864. The molecule has 0 aliphatic rings. The molecule has 1 heterocycles. The summed E-state index contributed by atoms with van der Waals surface area (Å²) in [5, 5.41) is 4.66. The van der Waals surface area contributed by atoms with E-state index in [1.807, 2.05) is 12.1 Å². The van der Waals surface area contributed by atoms with E-state index in [9.17, 15) is 4.79 Å². The van der Waals surface area contributed by atoms with Crippen molar-refractivity contribution in [2.75, 3.05) is 12.0 Å². The van der Waals surface area contributed by atoms with Gasteiger partial charge in [-0.25, -0.2) is 10.4 Å². The number of anilines is 1. The number of nitrogens with zero attached hydrogens (tertiary/aromatic N) is 2. The topological polar surface area (TPSA) is 79.4 Å². The van der Waals surface area contributed by atoms with E-state index in [4.69, 9.17) is 16.3 Å². The number of H-pyrrole nitrogens is 1. The van der Waals surface area contributed by atoms with Crippen molar-refractivity contribution >= 4 is 23.8 Å². The maximum Gasteiger partial charge on any atom is 0.255 e. The number of unbranched alkanes of at least 4 members (excludes halogenated alkanes) is 6. The van der Waals surface area contributed by atoms with Crippen LogP contribution in [-0.2, 0) is 0 Å². The second-order valence-corrected chi connectivity index (χ2v) is 7.56. The van der Waals surface area contributed by atoms with Gasteiger partial charge in [-0.15, -0.1) is 0 Å². The van der Waals surface area contributed by atoms with E-state index in [1.165, 1.54) is 38.5 Å². The van der Waals surface area contributed by atoms with E-state index in [-0.39, 0.29) is 5.56 Å². The van der Waals surface area contributed by atoms with Gasteiger partial charge in [-0.05, 0) is 44.0 Å². The molecule has 1 aromatic carbocycles. The first kappa shape index (κ1) is 22.9. The minimum absolute atomic E-state index is 0.180. The van der Waals surface area contributed by atoms with Crippen LogP contribution in [0.15, 0.2) is 28.1 Å². The number of aryl methyl sites for hydroxylation is 1. The molecule has 0 aliphatic carbocycles. The summed E-state index contributed by atoms with van der Waals surface area (Å²) in [5.41, 5.74) is 4.63. The Morgan fingerprint density at radius 3 is 2.59 bits per heavy atom. The van der Waals surface area contributed by atoms with Gasteiger partial charge in [-0.3, -0.25) is 9.78 Å². The molecule has 2 N–H and O–H groups in total. The fourth-order valence-electron chi connectivity index (χ4n) is 2.82. The van der Waals surface area contributed by atoms with E-state index in [0.717, 1.165) is 12.0 Å². The highest BCUT2D eigenvalue weighted by Crippen LogP contribution is 2.25. The van der Waals surface area contributed by atoms with Gasteiger partial charge in [0.25, 0.3) is 5.56 Å². The molecule has 0 unspecified atom stereocenters. The van der Waals surface area contributed by atoms with E-state index in [0.29, 0.717) is 34.6 Å². The average Bonchev–Trinajstić information content (AvgIpc) is 2.69. The van der Waals surface area contributed by atoms with Crippen LogP contribution in [0.4, 0.5) is 5.95 Å². The molecule has 0 aliphatic heterocycles. The van der Waals surface area contributed by atoms with Gasteiger partial charge in [-0.1, -0.05) is 57.0 Å². The van der Waals surface area contributed by atoms with Crippen LogP contribution in [-0.4, -0.2) is 22.8 Å². The molecule has 158 valence electrons. The number of aromatic nitrogens is 2. The number of hydrogen-bond donors (Lipinski definition) is 2. The summed E-state index contributed by atoms with van der Waals surface area (Å²) >= 11 is 6.31. The average molecular weight is 419 g/mol. The summed E-state index contributed by atoms with van der Waals surface area (Å²) < 4.78 is 5.79. The van der Waals surface area contributed by atoms with Crippen molar-refractivity contribution in [2.24, 2.45) is 5.10 Å². The first-order valence-electron chi connectivity index (χ1n) is 10.3. The van der Waals surface area contributed by atoms with Crippen LogP contribution in [0, 0.1) is 13.8 Å². The number of aromatic amines is 1. The zero-order valence-electron chi connectivity index (χ0n) is 17.6. The number of nitrogens with one attached hydrogen (secondary N) is 2. The summed E-state index contributed by atoms with van der Waals surface area (Å²) in [7, 11) is 0. The largest absolute Gasteiger partial charge is 0.492 e. The lowest BCUT2D eigenvalue weighted by Crippen LogP contribution is -2.15. The molecule has 0 atom stereocenters. The standard InChI is InChI=1S/C22H31ClN4O2/c1-4-5-6-7-8-9-10-13-29-20-12-11-18(14-19(20)23)15-24-27-22-25-17(3)16(2)21(28)26-22/h11-12,14-15H,4-10,13H2,1-3H3,(H2,25,26,27,28)/b24-15-. The zero-order chi connectivity index (χ0) is 21.1. The molecule has 29 heavy (non-hydrogen) atoms. The number of benzene rings is 1. The van der Waals surface area contributed by atoms with Crippen molar-refractivity contribution in [1.29, 1.82) is 0 Å². The lowest BCUT2D eigenvalue weighted by atomic mass is 10.1. The summed E-state index contributed by atoms with van der Waals surface area (Å²) in [5.74, 6) is 0.984. The third-order valence-corrected chi connectivity index (χ3v) is 5.04. The summed E-state index contributed by atoms with van der Waals surface area (Å²) in [4.78, 5) is 18.6. The van der Waals surface area contributed by atoms with Crippen molar-refractivity contribution in [3.63, 3.8) is 0 Å². The van der Waals surface area contributed by atoms with E-state index in [2.05, 4.69) is 27.4 Å². The van der Waals surface area contributed by atoms with E-state index in [1.54, 1.807) is 26.1 Å². The Morgan fingerprint density at radius 1 is 1.17 bits per heavy atom. The molecule has 0 fully saturated rings. The molecule has 2 aromatic rings. The van der Waals surface area contributed by atoms with Gasteiger partial charge in [0.1, 0.15) is 5.75 Å². The number of hydrogen-bond acceptors (Lipinski definition) is 5. The van der Waals surface area contributed by atoms with Gasteiger partial charge in [0.05, 0.1) is 17.8 Å². The second kappa shape index (κ2) is 12.3. The van der Waals surface area contributed by atoms with E-state index >= 15 is 0 Å². The molecule has 0 saturated heterocycles. The fourth-order valence-corrected chi connectivity index (χ4v) is 3.07. The first-order valence-corrected chi connectivity index (χ1v) is 10.7. The van der Waals surface area contributed by atoms with Crippen LogP contribution in [0.3, 0.4) is 0 Å². The minimum Gasteiger partial charge on any atom is -0.492 e. The zero-order valence-corrected chi connectivity index (χ0v) is 18.3. The maximum absolute atomic E-state index is 11.7. The van der Waals surface area contributed by atoms with Crippen LogP contribution >= 0.6 is 11.6 Å². The fraction of sp³-hybridized carbons (Fsp3) is 0.500. The normalized spacial score (nSPS) is 11.2. The predicted octanol–water partition coefficient (Wildman–Crippen LogP) is 5.62. The van der Waals surface area contributed by atoms with Crippen LogP contribution in [0.5, 0.6) is 5.75 Å².